The molecule has 0 bridgehead atoms. The summed E-state index contributed by atoms with van der Waals surface area (Å²) in [5, 5.41) is 10.5. The minimum absolute atomic E-state index is 0.0365. The van der Waals surface area contributed by atoms with E-state index in [0.717, 1.165) is 5.69 Å². The van der Waals surface area contributed by atoms with Crippen molar-refractivity contribution in [2.24, 2.45) is 0 Å². The molecule has 1 unspecified atom stereocenters. The highest BCUT2D eigenvalue weighted by atomic mass is 16.5. The minimum atomic E-state index is -0.675. The van der Waals surface area contributed by atoms with Crippen LogP contribution in [-0.4, -0.2) is 43.3 Å². The van der Waals surface area contributed by atoms with Crippen LogP contribution in [0.1, 0.15) is 36.7 Å². The quantitative estimate of drug-likeness (QED) is 0.678. The van der Waals surface area contributed by atoms with Crippen LogP contribution in [0.15, 0.2) is 42.5 Å². The first-order chi connectivity index (χ1) is 12.8. The second kappa shape index (κ2) is 9.42. The third kappa shape index (κ3) is 5.73. The number of benzene rings is 2. The molecule has 1 atom stereocenters. The lowest BCUT2D eigenvalue weighted by atomic mass is 10.1. The molecule has 146 valence electrons. The predicted octanol–water partition coefficient (Wildman–Crippen LogP) is 3.86. The Morgan fingerprint density at radius 2 is 1.78 bits per heavy atom. The molecule has 2 aromatic carbocycles. The summed E-state index contributed by atoms with van der Waals surface area (Å²) >= 11 is 0. The van der Waals surface area contributed by atoms with Gasteiger partial charge in [0.25, 0.3) is 0 Å². The Kier molecular flexibility index (Phi) is 7.25. The number of aliphatic hydroxyl groups is 1. The molecular weight excluding hydrogens is 342 g/mol. The number of aliphatic hydroxyl groups excluding tert-OH is 1. The SMILES string of the molecule is COc1cc(C(C)=O)ccc1OCC(O)CN(c1ccc(C)cc1)C(C)C. The Bertz CT molecular complexity index is 755. The molecule has 0 aliphatic heterocycles. The number of hydrogen-bond acceptors (Lipinski definition) is 5. The minimum Gasteiger partial charge on any atom is -0.493 e. The van der Waals surface area contributed by atoms with Gasteiger partial charge < -0.3 is 19.5 Å². The number of anilines is 1. The zero-order chi connectivity index (χ0) is 20.0. The number of ketones is 1. The van der Waals surface area contributed by atoms with Crippen molar-refractivity contribution in [3.63, 3.8) is 0 Å². The Balaban J connectivity index is 2.03. The molecule has 0 aliphatic rings. The van der Waals surface area contributed by atoms with Crippen molar-refractivity contribution >= 4 is 11.5 Å². The smallest absolute Gasteiger partial charge is 0.161 e. The van der Waals surface area contributed by atoms with Crippen molar-refractivity contribution in [1.29, 1.82) is 0 Å². The third-order valence-electron chi connectivity index (χ3n) is 4.40. The molecule has 2 rings (SSSR count). The third-order valence-corrected chi connectivity index (χ3v) is 4.40. The van der Waals surface area contributed by atoms with Crippen LogP contribution in [0.3, 0.4) is 0 Å². The standard InChI is InChI=1S/C22H29NO4/c1-15(2)23(19-9-6-16(3)7-10-19)13-20(25)14-27-21-11-8-18(17(4)24)12-22(21)26-5/h6-12,15,20,25H,13-14H2,1-5H3. The zero-order valence-corrected chi connectivity index (χ0v) is 16.7. The summed E-state index contributed by atoms with van der Waals surface area (Å²) in [6.07, 6.45) is -0.675. The van der Waals surface area contributed by atoms with Crippen molar-refractivity contribution in [3.05, 3.63) is 53.6 Å². The average Bonchev–Trinajstić information content (AvgIpc) is 2.64. The fourth-order valence-corrected chi connectivity index (χ4v) is 2.82. The molecule has 0 saturated carbocycles. The Morgan fingerprint density at radius 3 is 2.33 bits per heavy atom. The van der Waals surface area contributed by atoms with E-state index in [1.807, 2.05) is 0 Å². The van der Waals surface area contributed by atoms with Crippen molar-refractivity contribution in [2.75, 3.05) is 25.2 Å². The highest BCUT2D eigenvalue weighted by Gasteiger charge is 2.17. The van der Waals surface area contributed by atoms with Gasteiger partial charge in [0, 0.05) is 23.8 Å². The fourth-order valence-electron chi connectivity index (χ4n) is 2.82. The maximum atomic E-state index is 11.5. The van der Waals surface area contributed by atoms with Crippen LogP contribution in [0, 0.1) is 6.92 Å². The van der Waals surface area contributed by atoms with Gasteiger partial charge in [-0.3, -0.25) is 4.79 Å². The number of rotatable bonds is 9. The molecule has 1 N–H and O–H groups in total. The molecular formula is C22H29NO4. The maximum absolute atomic E-state index is 11.5. The van der Waals surface area contributed by atoms with Crippen LogP contribution in [0.4, 0.5) is 5.69 Å². The lowest BCUT2D eigenvalue weighted by Crippen LogP contribution is -2.40. The molecule has 5 heteroatoms. The fraction of sp³-hybridized carbons (Fsp3) is 0.409. The van der Waals surface area contributed by atoms with E-state index >= 15 is 0 Å². The lowest BCUT2D eigenvalue weighted by molar-refractivity contribution is 0.101. The summed E-state index contributed by atoms with van der Waals surface area (Å²) < 4.78 is 11.0. The van der Waals surface area contributed by atoms with E-state index in [-0.39, 0.29) is 18.4 Å². The largest absolute Gasteiger partial charge is 0.493 e. The summed E-state index contributed by atoms with van der Waals surface area (Å²) in [5.74, 6) is 0.952. The monoisotopic (exact) mass is 371 g/mol. The Hall–Kier alpha value is -2.53. The van der Waals surface area contributed by atoms with E-state index in [1.54, 1.807) is 18.2 Å². The van der Waals surface area contributed by atoms with E-state index in [9.17, 15) is 9.90 Å². The molecule has 0 amide bonds. The number of ether oxygens (including phenoxy) is 2. The number of carbonyl (C=O) groups is 1. The van der Waals surface area contributed by atoms with Crippen molar-refractivity contribution in [1.82, 2.24) is 0 Å². The van der Waals surface area contributed by atoms with Crippen LogP contribution in [0.25, 0.3) is 0 Å². The van der Waals surface area contributed by atoms with Gasteiger partial charge in [-0.05, 0) is 58.0 Å². The molecule has 0 saturated heterocycles. The van der Waals surface area contributed by atoms with Gasteiger partial charge in [0.15, 0.2) is 17.3 Å². The molecule has 0 heterocycles. The summed E-state index contributed by atoms with van der Waals surface area (Å²) in [4.78, 5) is 13.6. The maximum Gasteiger partial charge on any atom is 0.161 e. The molecule has 5 nitrogen and oxygen atoms in total. The molecule has 2 aromatic rings. The summed E-state index contributed by atoms with van der Waals surface area (Å²) in [6, 6.07) is 13.5. The highest BCUT2D eigenvalue weighted by molar-refractivity contribution is 5.94. The molecule has 0 aromatic heterocycles. The number of methoxy groups -OCH3 is 1. The van der Waals surface area contributed by atoms with Gasteiger partial charge in [0.05, 0.1) is 7.11 Å². The van der Waals surface area contributed by atoms with Gasteiger partial charge in [-0.15, -0.1) is 0 Å². The van der Waals surface area contributed by atoms with Crippen LogP contribution >= 0.6 is 0 Å². The van der Waals surface area contributed by atoms with E-state index < -0.39 is 6.10 Å². The normalized spacial score (nSPS) is 12.0. The van der Waals surface area contributed by atoms with Crippen molar-refractivity contribution in [2.45, 2.75) is 39.8 Å². The predicted molar refractivity (Wildman–Crippen MR) is 108 cm³/mol. The first kappa shape index (κ1) is 20.8. The second-order valence-electron chi connectivity index (χ2n) is 6.97. The molecule has 0 radical (unpaired) electrons. The van der Waals surface area contributed by atoms with E-state index in [0.29, 0.717) is 23.6 Å². The Morgan fingerprint density at radius 1 is 1.11 bits per heavy atom. The summed E-state index contributed by atoms with van der Waals surface area (Å²) in [7, 11) is 1.53. The number of aryl methyl sites for hydroxylation is 1. The van der Waals surface area contributed by atoms with Gasteiger partial charge in [-0.2, -0.15) is 0 Å². The highest BCUT2D eigenvalue weighted by Crippen LogP contribution is 2.28. The molecule has 27 heavy (non-hydrogen) atoms. The molecule has 0 aliphatic carbocycles. The van der Waals surface area contributed by atoms with Gasteiger partial charge in [-0.1, -0.05) is 17.7 Å². The molecule has 0 fully saturated rings. The number of carbonyl (C=O) groups excluding carboxylic acids is 1. The van der Waals surface area contributed by atoms with E-state index in [2.05, 4.69) is 49.9 Å². The van der Waals surface area contributed by atoms with Gasteiger partial charge in [0.1, 0.15) is 12.7 Å². The summed E-state index contributed by atoms with van der Waals surface area (Å²) in [5.41, 5.74) is 2.83. The second-order valence-corrected chi connectivity index (χ2v) is 6.97. The number of nitrogens with zero attached hydrogens (tertiary/aromatic N) is 1. The lowest BCUT2D eigenvalue weighted by Gasteiger charge is -2.31. The van der Waals surface area contributed by atoms with E-state index in [1.165, 1.54) is 19.6 Å². The summed E-state index contributed by atoms with van der Waals surface area (Å²) in [6.45, 7) is 8.33. The average molecular weight is 371 g/mol. The first-order valence-corrected chi connectivity index (χ1v) is 9.15. The van der Waals surface area contributed by atoms with Crippen molar-refractivity contribution < 1.29 is 19.4 Å². The Labute approximate surface area is 161 Å². The van der Waals surface area contributed by atoms with Crippen molar-refractivity contribution in [3.8, 4) is 11.5 Å². The van der Waals surface area contributed by atoms with Gasteiger partial charge in [-0.25, -0.2) is 0 Å². The topological polar surface area (TPSA) is 59.0 Å². The number of Topliss-reactive ketones (excluding diaryl/α,β-unsaturated/α-hetero) is 1. The van der Waals surface area contributed by atoms with Gasteiger partial charge >= 0.3 is 0 Å². The van der Waals surface area contributed by atoms with Crippen LogP contribution in [-0.2, 0) is 0 Å². The zero-order valence-electron chi connectivity index (χ0n) is 16.7. The van der Waals surface area contributed by atoms with Crippen LogP contribution < -0.4 is 14.4 Å². The first-order valence-electron chi connectivity index (χ1n) is 9.15. The van der Waals surface area contributed by atoms with Crippen LogP contribution in [0.2, 0.25) is 0 Å². The van der Waals surface area contributed by atoms with E-state index in [4.69, 9.17) is 9.47 Å². The van der Waals surface area contributed by atoms with Crippen LogP contribution in [0.5, 0.6) is 11.5 Å². The number of hydrogen-bond donors (Lipinski definition) is 1. The molecule has 0 spiro atoms. The van der Waals surface area contributed by atoms with Gasteiger partial charge in [0.2, 0.25) is 0 Å².